The maximum atomic E-state index is 13.8. The lowest BCUT2D eigenvalue weighted by atomic mass is 10.2. The van der Waals surface area contributed by atoms with Crippen LogP contribution in [0.15, 0.2) is 30.3 Å². The highest BCUT2D eigenvalue weighted by Gasteiger charge is 2.27. The number of nitrogens with one attached hydrogen (secondary N) is 1. The van der Waals surface area contributed by atoms with E-state index in [0.29, 0.717) is 0 Å². The maximum absolute atomic E-state index is 13.8. The number of aryl methyl sites for hydroxylation is 1. The van der Waals surface area contributed by atoms with Gasteiger partial charge in [0.25, 0.3) is 0 Å². The lowest BCUT2D eigenvalue weighted by molar-refractivity contribution is -0.120. The SMILES string of the molecule is Cc1cc(N2CCN(C(C)C(=O)Nc3ccccc3F)CC2)nc(C(C)C)n1. The van der Waals surface area contributed by atoms with Crippen LogP contribution in [0.2, 0.25) is 0 Å². The van der Waals surface area contributed by atoms with Gasteiger partial charge in [0.15, 0.2) is 0 Å². The minimum absolute atomic E-state index is 0.196. The van der Waals surface area contributed by atoms with Crippen molar-refractivity contribution in [2.75, 3.05) is 36.4 Å². The molecule has 1 aliphatic rings. The Morgan fingerprint density at radius 3 is 2.43 bits per heavy atom. The van der Waals surface area contributed by atoms with E-state index >= 15 is 0 Å². The first-order valence-corrected chi connectivity index (χ1v) is 9.75. The van der Waals surface area contributed by atoms with Gasteiger partial charge < -0.3 is 10.2 Å². The predicted octanol–water partition coefficient (Wildman–Crippen LogP) is 3.20. The van der Waals surface area contributed by atoms with Crippen LogP contribution in [0.4, 0.5) is 15.9 Å². The predicted molar refractivity (Wildman–Crippen MR) is 109 cm³/mol. The third kappa shape index (κ3) is 4.65. The van der Waals surface area contributed by atoms with Gasteiger partial charge in [0.2, 0.25) is 5.91 Å². The molecule has 6 nitrogen and oxygen atoms in total. The number of carbonyl (C=O) groups excluding carboxylic acids is 1. The van der Waals surface area contributed by atoms with Crippen molar-refractivity contribution in [1.82, 2.24) is 14.9 Å². The molecule has 150 valence electrons. The number of benzene rings is 1. The zero-order chi connectivity index (χ0) is 20.3. The van der Waals surface area contributed by atoms with E-state index in [1.54, 1.807) is 18.2 Å². The Labute approximate surface area is 165 Å². The van der Waals surface area contributed by atoms with E-state index in [1.165, 1.54) is 6.07 Å². The number of rotatable bonds is 5. The van der Waals surface area contributed by atoms with Crippen LogP contribution in [0.25, 0.3) is 0 Å². The quantitative estimate of drug-likeness (QED) is 0.856. The van der Waals surface area contributed by atoms with Crippen molar-refractivity contribution in [1.29, 1.82) is 0 Å². The van der Waals surface area contributed by atoms with Crippen LogP contribution in [-0.4, -0.2) is 53.0 Å². The second-order valence-corrected chi connectivity index (χ2v) is 7.55. The van der Waals surface area contributed by atoms with E-state index < -0.39 is 5.82 Å². The van der Waals surface area contributed by atoms with E-state index in [2.05, 4.69) is 33.9 Å². The van der Waals surface area contributed by atoms with Crippen LogP contribution >= 0.6 is 0 Å². The first kappa shape index (κ1) is 20.2. The topological polar surface area (TPSA) is 61.4 Å². The second kappa shape index (κ2) is 8.65. The minimum Gasteiger partial charge on any atom is -0.354 e. The Hall–Kier alpha value is -2.54. The van der Waals surface area contributed by atoms with Gasteiger partial charge >= 0.3 is 0 Å². The van der Waals surface area contributed by atoms with Gasteiger partial charge in [-0.25, -0.2) is 14.4 Å². The van der Waals surface area contributed by atoms with Crippen molar-refractivity contribution in [3.8, 4) is 0 Å². The monoisotopic (exact) mass is 385 g/mol. The van der Waals surface area contributed by atoms with Gasteiger partial charge in [-0.2, -0.15) is 0 Å². The van der Waals surface area contributed by atoms with E-state index in [-0.39, 0.29) is 23.6 Å². The smallest absolute Gasteiger partial charge is 0.241 e. The number of anilines is 2. The molecule has 0 bridgehead atoms. The van der Waals surface area contributed by atoms with Crippen molar-refractivity contribution in [2.45, 2.75) is 39.7 Å². The summed E-state index contributed by atoms with van der Waals surface area (Å²) in [5, 5.41) is 2.69. The molecule has 1 saturated heterocycles. The highest BCUT2D eigenvalue weighted by molar-refractivity contribution is 5.94. The van der Waals surface area contributed by atoms with Crippen molar-refractivity contribution >= 4 is 17.4 Å². The molecule has 1 unspecified atom stereocenters. The number of nitrogens with zero attached hydrogens (tertiary/aromatic N) is 4. The Kier molecular flexibility index (Phi) is 6.24. The average Bonchev–Trinajstić information content (AvgIpc) is 2.68. The molecule has 1 amide bonds. The summed E-state index contributed by atoms with van der Waals surface area (Å²) in [5.74, 6) is 1.46. The van der Waals surface area contributed by atoms with Crippen LogP contribution < -0.4 is 10.2 Å². The summed E-state index contributed by atoms with van der Waals surface area (Å²) in [6.07, 6.45) is 0. The van der Waals surface area contributed by atoms with E-state index in [0.717, 1.165) is 43.5 Å². The molecule has 0 aliphatic carbocycles. The first-order chi connectivity index (χ1) is 13.3. The van der Waals surface area contributed by atoms with Gasteiger partial charge in [-0.1, -0.05) is 26.0 Å². The Balaban J connectivity index is 1.60. The Morgan fingerprint density at radius 1 is 1.11 bits per heavy atom. The number of amides is 1. The van der Waals surface area contributed by atoms with E-state index in [4.69, 9.17) is 4.98 Å². The van der Waals surface area contributed by atoms with Crippen LogP contribution in [0.3, 0.4) is 0 Å². The number of hydrogen-bond donors (Lipinski definition) is 1. The molecule has 7 heteroatoms. The molecule has 1 N–H and O–H groups in total. The zero-order valence-corrected chi connectivity index (χ0v) is 16.9. The van der Waals surface area contributed by atoms with Crippen molar-refractivity contribution in [3.05, 3.63) is 47.7 Å². The standard InChI is InChI=1S/C21H28FN5O/c1-14(2)20-23-15(3)13-19(25-20)27-11-9-26(10-12-27)16(4)21(28)24-18-8-6-5-7-17(18)22/h5-8,13-14,16H,9-12H2,1-4H3,(H,24,28). The molecule has 1 atom stereocenters. The third-order valence-electron chi connectivity index (χ3n) is 5.07. The fourth-order valence-electron chi connectivity index (χ4n) is 3.30. The average molecular weight is 385 g/mol. The summed E-state index contributed by atoms with van der Waals surface area (Å²) in [6, 6.07) is 7.90. The molecule has 2 heterocycles. The van der Waals surface area contributed by atoms with Crippen molar-refractivity contribution < 1.29 is 9.18 Å². The number of para-hydroxylation sites is 1. The third-order valence-corrected chi connectivity index (χ3v) is 5.07. The molecule has 1 fully saturated rings. The minimum atomic E-state index is -0.423. The van der Waals surface area contributed by atoms with Gasteiger partial charge in [0.1, 0.15) is 17.5 Å². The maximum Gasteiger partial charge on any atom is 0.241 e. The molecule has 0 radical (unpaired) electrons. The molecule has 0 saturated carbocycles. The summed E-state index contributed by atoms with van der Waals surface area (Å²) in [7, 11) is 0. The highest BCUT2D eigenvalue weighted by atomic mass is 19.1. The van der Waals surface area contributed by atoms with Gasteiger partial charge in [0, 0.05) is 43.9 Å². The molecule has 0 spiro atoms. The molecule has 1 aromatic carbocycles. The van der Waals surface area contributed by atoms with Crippen LogP contribution in [0.5, 0.6) is 0 Å². The lowest BCUT2D eigenvalue weighted by Gasteiger charge is -2.38. The Bertz CT molecular complexity index is 833. The molecule has 1 aromatic heterocycles. The van der Waals surface area contributed by atoms with Gasteiger partial charge in [0.05, 0.1) is 11.7 Å². The lowest BCUT2D eigenvalue weighted by Crippen LogP contribution is -2.53. The summed E-state index contributed by atoms with van der Waals surface area (Å²) >= 11 is 0. The molecular weight excluding hydrogens is 357 g/mol. The van der Waals surface area contributed by atoms with E-state index in [9.17, 15) is 9.18 Å². The fourth-order valence-corrected chi connectivity index (χ4v) is 3.30. The Morgan fingerprint density at radius 2 is 1.79 bits per heavy atom. The summed E-state index contributed by atoms with van der Waals surface area (Å²) in [4.78, 5) is 26.1. The number of piperazine rings is 1. The largest absolute Gasteiger partial charge is 0.354 e. The molecule has 1 aliphatic heterocycles. The number of aromatic nitrogens is 2. The summed E-state index contributed by atoms with van der Waals surface area (Å²) in [5.41, 5.74) is 1.18. The van der Waals surface area contributed by atoms with Gasteiger partial charge in [-0.3, -0.25) is 9.69 Å². The van der Waals surface area contributed by atoms with Crippen molar-refractivity contribution in [2.24, 2.45) is 0 Å². The fraction of sp³-hybridized carbons (Fsp3) is 0.476. The van der Waals surface area contributed by atoms with E-state index in [1.807, 2.05) is 19.9 Å². The van der Waals surface area contributed by atoms with Crippen molar-refractivity contribution in [3.63, 3.8) is 0 Å². The normalized spacial score (nSPS) is 16.3. The number of halogens is 1. The summed E-state index contributed by atoms with van der Waals surface area (Å²) < 4.78 is 13.8. The zero-order valence-electron chi connectivity index (χ0n) is 16.9. The van der Waals surface area contributed by atoms with Crippen LogP contribution in [0, 0.1) is 12.7 Å². The molecule has 2 aromatic rings. The molecule has 28 heavy (non-hydrogen) atoms. The second-order valence-electron chi connectivity index (χ2n) is 7.55. The van der Waals surface area contributed by atoms with Gasteiger partial charge in [-0.05, 0) is 26.0 Å². The van der Waals surface area contributed by atoms with Crippen LogP contribution in [0.1, 0.15) is 38.2 Å². The first-order valence-electron chi connectivity index (χ1n) is 9.75. The molecule has 3 rings (SSSR count). The summed E-state index contributed by atoms with van der Waals surface area (Å²) in [6.45, 7) is 11.1. The molecular formula is C21H28FN5O. The highest BCUT2D eigenvalue weighted by Crippen LogP contribution is 2.20. The number of hydrogen-bond acceptors (Lipinski definition) is 5. The van der Waals surface area contributed by atoms with Gasteiger partial charge in [-0.15, -0.1) is 0 Å². The van der Waals surface area contributed by atoms with Crippen LogP contribution in [-0.2, 0) is 4.79 Å². The number of carbonyl (C=O) groups is 1.